The molecule has 0 bridgehead atoms. The summed E-state index contributed by atoms with van der Waals surface area (Å²) in [6, 6.07) is 67.4. The number of rotatable bonds is 4. The summed E-state index contributed by atoms with van der Waals surface area (Å²) in [6.45, 7) is 0. The van der Waals surface area contributed by atoms with Crippen LogP contribution in [-0.2, 0) is 0 Å². The molecule has 0 aromatic heterocycles. The summed E-state index contributed by atoms with van der Waals surface area (Å²) in [5, 5.41) is 0. The minimum absolute atomic E-state index is 0.0498. The number of fused-ring (bicyclic) bond motifs is 4. The molecule has 12 rings (SSSR count). The van der Waals surface area contributed by atoms with Crippen LogP contribution in [0, 0.1) is 0 Å². The molecule has 0 N–H and O–H groups in total. The molecule has 4 aliphatic rings. The van der Waals surface area contributed by atoms with Gasteiger partial charge in [0.05, 0.1) is 0 Å². The molecule has 0 atom stereocenters. The molecule has 6 heteroatoms. The Morgan fingerprint density at radius 2 is 0.685 bits per heavy atom. The second kappa shape index (κ2) is 11.8. The Balaban J connectivity index is 1.17. The van der Waals surface area contributed by atoms with E-state index in [1.165, 1.54) is 99.1 Å². The smallest absolute Gasteiger partial charge is 0.368 e. The first-order valence-electron chi connectivity index (χ1n) is 18.6. The highest BCUT2D eigenvalue weighted by Gasteiger charge is 2.50. The molecule has 4 heterocycles. The van der Waals surface area contributed by atoms with E-state index in [-0.39, 0.29) is 12.3 Å². The molecule has 2 nitrogen and oxygen atoms in total. The predicted octanol–water partition coefficient (Wildman–Crippen LogP) is 11.9. The van der Waals surface area contributed by atoms with E-state index in [0.717, 1.165) is 0 Å². The van der Waals surface area contributed by atoms with Gasteiger partial charge in [-0.2, -0.15) is 0 Å². The van der Waals surface area contributed by atoms with Crippen molar-refractivity contribution < 1.29 is 0 Å². The molecule has 0 saturated heterocycles. The fourth-order valence-electron chi connectivity index (χ4n) is 9.30. The molecule has 0 aliphatic carbocycles. The summed E-state index contributed by atoms with van der Waals surface area (Å²) >= 11 is 4.01. The van der Waals surface area contributed by atoms with Gasteiger partial charge < -0.3 is 9.62 Å². The Hall–Kier alpha value is -5.81. The average Bonchev–Trinajstić information content (AvgIpc) is 3.24. The largest absolute Gasteiger partial charge is 0.370 e. The van der Waals surface area contributed by atoms with E-state index in [9.17, 15) is 0 Å². The van der Waals surface area contributed by atoms with Gasteiger partial charge in [0.1, 0.15) is 0 Å². The van der Waals surface area contributed by atoms with E-state index < -0.39 is 0 Å². The minimum atomic E-state index is 0.0498. The summed E-state index contributed by atoms with van der Waals surface area (Å²) in [6.07, 6.45) is 0.0996. The van der Waals surface area contributed by atoms with Crippen molar-refractivity contribution in [2.45, 2.75) is 9.79 Å². The number of hydrogen-bond donors (Lipinski definition) is 0. The topological polar surface area (TPSA) is 6.48 Å². The summed E-state index contributed by atoms with van der Waals surface area (Å²) in [4.78, 5) is 7.98. The summed E-state index contributed by atoms with van der Waals surface area (Å²) < 4.78 is 0. The Bertz CT molecular complexity index is 2640. The van der Waals surface area contributed by atoms with Gasteiger partial charge in [0, 0.05) is 60.4 Å². The van der Waals surface area contributed by atoms with Crippen molar-refractivity contribution in [1.82, 2.24) is 0 Å². The monoisotopic (exact) mass is 720 g/mol. The van der Waals surface area contributed by atoms with Gasteiger partial charge in [-0.05, 0) is 81.2 Å². The van der Waals surface area contributed by atoms with Crippen LogP contribution in [-0.4, -0.2) is 12.3 Å². The first-order valence-corrected chi connectivity index (χ1v) is 20.3. The van der Waals surface area contributed by atoms with E-state index in [0.29, 0.717) is 0 Å². The zero-order valence-electron chi connectivity index (χ0n) is 29.2. The van der Waals surface area contributed by atoms with Gasteiger partial charge >= 0.3 is 12.3 Å². The number of anilines is 4. The zero-order valence-corrected chi connectivity index (χ0v) is 30.8. The zero-order chi connectivity index (χ0) is 35.3. The number of para-hydroxylation sites is 4. The Kier molecular flexibility index (Phi) is 6.72. The SMILES string of the molecule is c1ccc(-c2ccccc2N2B3Sc4cccc5c4-c4c3c(cc3c4B(S5)N(c4ccccc4-c4ccccc4)c4ccccc4-3)-c3ccccc32)cc1. The summed E-state index contributed by atoms with van der Waals surface area (Å²) in [5.41, 5.74) is 20.9. The van der Waals surface area contributed by atoms with Crippen molar-refractivity contribution in [2.24, 2.45) is 0 Å². The lowest BCUT2D eigenvalue weighted by atomic mass is 9.57. The molecule has 8 aromatic carbocycles. The average molecular weight is 721 g/mol. The number of hydrogen-bond acceptors (Lipinski definition) is 4. The van der Waals surface area contributed by atoms with Crippen LogP contribution in [0.25, 0.3) is 55.6 Å². The molecule has 0 unspecified atom stereocenters. The summed E-state index contributed by atoms with van der Waals surface area (Å²) in [5.74, 6) is 0. The third kappa shape index (κ3) is 4.30. The third-order valence-corrected chi connectivity index (χ3v) is 14.0. The molecule has 0 fully saturated rings. The maximum absolute atomic E-state index is 2.64. The molecule has 0 spiro atoms. The van der Waals surface area contributed by atoms with E-state index in [1.54, 1.807) is 0 Å². The Labute approximate surface area is 324 Å². The van der Waals surface area contributed by atoms with Gasteiger partial charge in [-0.15, -0.1) is 23.2 Å². The standard InChI is InChI=1S/C48H30B2N2S2/c1-3-16-31(17-4-1)33-20-7-11-24-39(33)51-41-26-13-9-22-35(41)37-30-38-36-23-10-14-27-42(36)52(40-25-12-8-21-34(40)32-18-5-2-6-19-32)50-48(38)46-45-43(53-49(51)47(37)46)28-15-29-44(45)54-50/h1-30H. The van der Waals surface area contributed by atoms with Crippen molar-refractivity contribution in [3.63, 3.8) is 0 Å². The number of nitrogens with zero attached hydrogens (tertiary/aromatic N) is 2. The first-order chi connectivity index (χ1) is 26.8. The fraction of sp³-hybridized carbons (Fsp3) is 0. The molecule has 54 heavy (non-hydrogen) atoms. The van der Waals surface area contributed by atoms with Crippen molar-refractivity contribution in [3.8, 4) is 55.6 Å². The highest BCUT2D eigenvalue weighted by atomic mass is 32.2. The lowest BCUT2D eigenvalue weighted by Crippen LogP contribution is -2.56. The molecule has 0 amide bonds. The first kappa shape index (κ1) is 30.6. The molecule has 0 radical (unpaired) electrons. The normalized spacial score (nSPS) is 14.0. The second-order valence-corrected chi connectivity index (χ2v) is 16.5. The minimum Gasteiger partial charge on any atom is -0.370 e. The molecule has 0 saturated carbocycles. The Morgan fingerprint density at radius 1 is 0.315 bits per heavy atom. The molecule has 4 aliphatic heterocycles. The van der Waals surface area contributed by atoms with Crippen LogP contribution >= 0.6 is 23.2 Å². The van der Waals surface area contributed by atoms with Crippen molar-refractivity contribution in [1.29, 1.82) is 0 Å². The second-order valence-electron chi connectivity index (χ2n) is 14.3. The van der Waals surface area contributed by atoms with Gasteiger partial charge in [0.2, 0.25) is 0 Å². The molecular weight excluding hydrogens is 690 g/mol. The van der Waals surface area contributed by atoms with Crippen molar-refractivity contribution in [3.05, 3.63) is 182 Å². The molecule has 8 aromatic rings. The van der Waals surface area contributed by atoms with Gasteiger partial charge in [0.15, 0.2) is 0 Å². The summed E-state index contributed by atoms with van der Waals surface area (Å²) in [7, 11) is 0. The van der Waals surface area contributed by atoms with E-state index in [2.05, 4.69) is 192 Å². The molecule has 250 valence electrons. The van der Waals surface area contributed by atoms with Crippen LogP contribution in [0.15, 0.2) is 192 Å². The Morgan fingerprint density at radius 3 is 1.13 bits per heavy atom. The van der Waals surface area contributed by atoms with Crippen LogP contribution in [0.4, 0.5) is 22.7 Å². The van der Waals surface area contributed by atoms with Gasteiger partial charge in [-0.1, -0.05) is 140 Å². The van der Waals surface area contributed by atoms with Crippen molar-refractivity contribution >= 4 is 69.2 Å². The highest BCUT2D eigenvalue weighted by Crippen LogP contribution is 2.57. The van der Waals surface area contributed by atoms with Gasteiger partial charge in [-0.3, -0.25) is 0 Å². The van der Waals surface area contributed by atoms with Gasteiger partial charge in [-0.25, -0.2) is 0 Å². The van der Waals surface area contributed by atoms with Crippen LogP contribution in [0.3, 0.4) is 0 Å². The third-order valence-electron chi connectivity index (χ3n) is 11.5. The van der Waals surface area contributed by atoms with E-state index in [4.69, 9.17) is 0 Å². The van der Waals surface area contributed by atoms with E-state index >= 15 is 0 Å². The van der Waals surface area contributed by atoms with Crippen LogP contribution < -0.4 is 20.5 Å². The fourth-order valence-corrected chi connectivity index (χ4v) is 12.2. The predicted molar refractivity (Wildman–Crippen MR) is 233 cm³/mol. The highest BCUT2D eigenvalue weighted by molar-refractivity contribution is 8.28. The number of benzene rings is 8. The van der Waals surface area contributed by atoms with Crippen LogP contribution in [0.2, 0.25) is 0 Å². The quantitative estimate of drug-likeness (QED) is 0.167. The van der Waals surface area contributed by atoms with Gasteiger partial charge in [0.25, 0.3) is 0 Å². The van der Waals surface area contributed by atoms with E-state index in [1.807, 2.05) is 23.2 Å². The van der Waals surface area contributed by atoms with Crippen LogP contribution in [0.5, 0.6) is 0 Å². The maximum Gasteiger partial charge on any atom is 0.368 e. The molecular formula is C48H30B2N2S2. The lowest BCUT2D eigenvalue weighted by molar-refractivity contribution is 1.31. The van der Waals surface area contributed by atoms with Crippen LogP contribution in [0.1, 0.15) is 0 Å². The lowest BCUT2D eigenvalue weighted by Gasteiger charge is -2.48. The maximum atomic E-state index is 2.64. The van der Waals surface area contributed by atoms with Crippen molar-refractivity contribution in [2.75, 3.05) is 9.62 Å².